The summed E-state index contributed by atoms with van der Waals surface area (Å²) < 4.78 is 6.17. The number of likely N-dealkylation sites (tertiary alicyclic amines) is 1. The van der Waals surface area contributed by atoms with Crippen molar-refractivity contribution in [2.24, 2.45) is 0 Å². The van der Waals surface area contributed by atoms with Crippen LogP contribution in [0.3, 0.4) is 0 Å². The number of ether oxygens (including phenoxy) is 1. The van der Waals surface area contributed by atoms with Gasteiger partial charge < -0.3 is 9.64 Å². The average molecular weight is 357 g/mol. The Morgan fingerprint density at radius 3 is 2.72 bits per heavy atom. The van der Waals surface area contributed by atoms with Gasteiger partial charge in [-0.3, -0.25) is 9.69 Å². The lowest BCUT2D eigenvalue weighted by Gasteiger charge is -2.47. The molecule has 0 N–H and O–H groups in total. The van der Waals surface area contributed by atoms with E-state index >= 15 is 0 Å². The van der Waals surface area contributed by atoms with Gasteiger partial charge in [0.25, 0.3) is 5.91 Å². The minimum absolute atomic E-state index is 0.119. The van der Waals surface area contributed by atoms with Crippen LogP contribution in [0.25, 0.3) is 0 Å². The zero-order valence-electron chi connectivity index (χ0n) is 14.3. The molecular formula is C19H23N3O2S. The van der Waals surface area contributed by atoms with Crippen LogP contribution >= 0.6 is 11.3 Å². The number of hydrogen-bond acceptors (Lipinski definition) is 5. The molecule has 0 saturated carbocycles. The average Bonchev–Trinajstić information content (AvgIpc) is 3.17. The molecule has 2 aromatic rings. The summed E-state index contributed by atoms with van der Waals surface area (Å²) in [5, 5.41) is 3.19. The predicted molar refractivity (Wildman–Crippen MR) is 97.7 cm³/mol. The number of benzene rings is 1. The van der Waals surface area contributed by atoms with E-state index < -0.39 is 0 Å². The lowest BCUT2D eigenvalue weighted by Crippen LogP contribution is -2.57. The second-order valence-corrected chi connectivity index (χ2v) is 7.81. The summed E-state index contributed by atoms with van der Waals surface area (Å²) in [7, 11) is 0. The lowest BCUT2D eigenvalue weighted by atomic mass is 9.89. The van der Waals surface area contributed by atoms with Gasteiger partial charge in [-0.15, -0.1) is 11.3 Å². The fourth-order valence-corrected chi connectivity index (χ4v) is 4.38. The van der Waals surface area contributed by atoms with Crippen LogP contribution in [0.2, 0.25) is 0 Å². The lowest BCUT2D eigenvalue weighted by molar-refractivity contribution is -0.127. The normalized spacial score (nSPS) is 20.7. The van der Waals surface area contributed by atoms with Crippen LogP contribution in [-0.2, 0) is 11.3 Å². The van der Waals surface area contributed by atoms with E-state index in [0.717, 1.165) is 38.0 Å². The van der Waals surface area contributed by atoms with Crippen molar-refractivity contribution in [2.45, 2.75) is 25.0 Å². The van der Waals surface area contributed by atoms with Crippen molar-refractivity contribution < 1.29 is 9.53 Å². The first-order chi connectivity index (χ1) is 12.2. The third kappa shape index (κ3) is 3.76. The van der Waals surface area contributed by atoms with Gasteiger partial charge >= 0.3 is 0 Å². The van der Waals surface area contributed by atoms with Gasteiger partial charge in [0.15, 0.2) is 0 Å². The molecule has 2 aliphatic rings. The van der Waals surface area contributed by atoms with Crippen molar-refractivity contribution in [3.05, 3.63) is 52.5 Å². The molecule has 3 heterocycles. The molecule has 0 unspecified atom stereocenters. The number of hydrogen-bond donors (Lipinski definition) is 0. The highest BCUT2D eigenvalue weighted by Crippen LogP contribution is 2.31. The van der Waals surface area contributed by atoms with Gasteiger partial charge in [0.1, 0.15) is 5.01 Å². The largest absolute Gasteiger partial charge is 0.371 e. The first-order valence-electron chi connectivity index (χ1n) is 8.83. The topological polar surface area (TPSA) is 45.7 Å². The van der Waals surface area contributed by atoms with Gasteiger partial charge in [-0.2, -0.15) is 0 Å². The van der Waals surface area contributed by atoms with Crippen LogP contribution in [0.1, 0.15) is 28.2 Å². The van der Waals surface area contributed by atoms with E-state index in [-0.39, 0.29) is 11.5 Å². The summed E-state index contributed by atoms with van der Waals surface area (Å²) in [4.78, 5) is 21.5. The molecule has 2 saturated heterocycles. The molecule has 0 aliphatic carbocycles. The molecule has 0 atom stereocenters. The van der Waals surface area contributed by atoms with Gasteiger partial charge in [0.2, 0.25) is 0 Å². The van der Waals surface area contributed by atoms with Crippen LogP contribution in [0.15, 0.2) is 41.9 Å². The zero-order valence-corrected chi connectivity index (χ0v) is 15.1. The maximum atomic E-state index is 12.8. The Balaban J connectivity index is 1.37. The van der Waals surface area contributed by atoms with E-state index in [1.807, 2.05) is 46.8 Å². The third-order valence-electron chi connectivity index (χ3n) is 5.17. The summed E-state index contributed by atoms with van der Waals surface area (Å²) in [6, 6.07) is 9.55. The summed E-state index contributed by atoms with van der Waals surface area (Å²) in [6.45, 7) is 4.91. The van der Waals surface area contributed by atoms with Gasteiger partial charge in [0, 0.05) is 36.8 Å². The highest BCUT2D eigenvalue weighted by Gasteiger charge is 2.41. The molecule has 1 aromatic carbocycles. The number of rotatable bonds is 3. The minimum Gasteiger partial charge on any atom is -0.371 e. The Bertz CT molecular complexity index is 697. The number of piperidine rings is 1. The van der Waals surface area contributed by atoms with Crippen molar-refractivity contribution in [1.82, 2.24) is 14.8 Å². The van der Waals surface area contributed by atoms with Crippen molar-refractivity contribution in [1.29, 1.82) is 0 Å². The van der Waals surface area contributed by atoms with Gasteiger partial charge in [-0.25, -0.2) is 4.98 Å². The number of morpholine rings is 1. The smallest absolute Gasteiger partial charge is 0.254 e. The van der Waals surface area contributed by atoms with Crippen LogP contribution in [0, 0.1) is 0 Å². The van der Waals surface area contributed by atoms with Crippen LogP contribution in [-0.4, -0.2) is 59.1 Å². The summed E-state index contributed by atoms with van der Waals surface area (Å²) in [5.41, 5.74) is 0.586. The molecule has 25 heavy (non-hydrogen) atoms. The SMILES string of the molecule is O=C(c1ccccc1)N1CCOC2(CCN(Cc3nccs3)CC2)C1. The number of thiazole rings is 1. The molecule has 6 heteroatoms. The summed E-state index contributed by atoms with van der Waals surface area (Å²) in [5.74, 6) is 0.119. The van der Waals surface area contributed by atoms with E-state index in [1.165, 1.54) is 5.01 Å². The van der Waals surface area contributed by atoms with Crippen molar-refractivity contribution in [3.8, 4) is 0 Å². The Hall–Kier alpha value is -1.76. The van der Waals surface area contributed by atoms with Crippen LogP contribution in [0.4, 0.5) is 0 Å². The summed E-state index contributed by atoms with van der Waals surface area (Å²) in [6.07, 6.45) is 3.80. The van der Waals surface area contributed by atoms with Gasteiger partial charge in [-0.1, -0.05) is 18.2 Å². The number of nitrogens with zero attached hydrogens (tertiary/aromatic N) is 3. The number of amides is 1. The molecule has 1 spiro atoms. The van der Waals surface area contributed by atoms with E-state index in [9.17, 15) is 4.79 Å². The predicted octanol–water partition coefficient (Wildman–Crippen LogP) is 2.65. The van der Waals surface area contributed by atoms with Gasteiger partial charge in [-0.05, 0) is 25.0 Å². The second kappa shape index (κ2) is 7.23. The number of aromatic nitrogens is 1. The fourth-order valence-electron chi connectivity index (χ4n) is 3.72. The van der Waals surface area contributed by atoms with E-state index in [2.05, 4.69) is 9.88 Å². The van der Waals surface area contributed by atoms with E-state index in [4.69, 9.17) is 4.74 Å². The van der Waals surface area contributed by atoms with Crippen molar-refractivity contribution >= 4 is 17.2 Å². The first kappa shape index (κ1) is 16.7. The first-order valence-corrected chi connectivity index (χ1v) is 9.71. The highest BCUT2D eigenvalue weighted by molar-refractivity contribution is 7.09. The molecule has 2 fully saturated rings. The Morgan fingerprint density at radius 2 is 2.00 bits per heavy atom. The minimum atomic E-state index is -0.179. The molecular weight excluding hydrogens is 334 g/mol. The van der Waals surface area contributed by atoms with E-state index in [1.54, 1.807) is 11.3 Å². The number of carbonyl (C=O) groups is 1. The van der Waals surface area contributed by atoms with Crippen molar-refractivity contribution in [2.75, 3.05) is 32.8 Å². The summed E-state index contributed by atoms with van der Waals surface area (Å²) >= 11 is 1.71. The van der Waals surface area contributed by atoms with Crippen LogP contribution < -0.4 is 0 Å². The molecule has 0 bridgehead atoms. The van der Waals surface area contributed by atoms with E-state index in [0.29, 0.717) is 19.7 Å². The molecule has 2 aliphatic heterocycles. The monoisotopic (exact) mass is 357 g/mol. The highest BCUT2D eigenvalue weighted by atomic mass is 32.1. The number of carbonyl (C=O) groups excluding carboxylic acids is 1. The molecule has 4 rings (SSSR count). The van der Waals surface area contributed by atoms with Gasteiger partial charge in [0.05, 0.1) is 25.3 Å². The maximum absolute atomic E-state index is 12.8. The Morgan fingerprint density at radius 1 is 1.20 bits per heavy atom. The van der Waals surface area contributed by atoms with Crippen LogP contribution in [0.5, 0.6) is 0 Å². The third-order valence-corrected chi connectivity index (χ3v) is 5.93. The molecule has 5 nitrogen and oxygen atoms in total. The molecule has 0 radical (unpaired) electrons. The Kier molecular flexibility index (Phi) is 4.83. The molecule has 1 amide bonds. The standard InChI is InChI=1S/C19H23N3O2S/c23-18(16-4-2-1-3-5-16)22-11-12-24-19(15-22)6-9-21(10-7-19)14-17-20-8-13-25-17/h1-5,8,13H,6-7,9-12,14-15H2. The maximum Gasteiger partial charge on any atom is 0.254 e. The zero-order chi connectivity index (χ0) is 17.1. The van der Waals surface area contributed by atoms with Crippen molar-refractivity contribution in [3.63, 3.8) is 0 Å². The quantitative estimate of drug-likeness (QED) is 0.847. The molecule has 1 aromatic heterocycles. The Labute approximate surface area is 152 Å². The second-order valence-electron chi connectivity index (χ2n) is 6.83. The molecule has 132 valence electrons. The fraction of sp³-hybridized carbons (Fsp3) is 0.474.